The maximum Gasteiger partial charge on any atom is 0.256 e. The van der Waals surface area contributed by atoms with Gasteiger partial charge in [-0.3, -0.25) is 9.59 Å². The molecule has 0 saturated carbocycles. The largest absolute Gasteiger partial charge is 0.354 e. The van der Waals surface area contributed by atoms with Gasteiger partial charge in [0.1, 0.15) is 11.0 Å². The van der Waals surface area contributed by atoms with E-state index in [-0.39, 0.29) is 42.3 Å². The molecule has 0 radical (unpaired) electrons. The summed E-state index contributed by atoms with van der Waals surface area (Å²) in [7, 11) is 0. The lowest BCUT2D eigenvalue weighted by atomic mass is 10.1. The Hall–Kier alpha value is -3.19. The van der Waals surface area contributed by atoms with E-state index in [1.165, 1.54) is 16.8 Å². The quantitative estimate of drug-likeness (QED) is 0.583. The van der Waals surface area contributed by atoms with E-state index in [4.69, 9.17) is 11.6 Å². The summed E-state index contributed by atoms with van der Waals surface area (Å²) in [5, 5.41) is 9.97. The van der Waals surface area contributed by atoms with Crippen molar-refractivity contribution in [3.63, 3.8) is 0 Å². The van der Waals surface area contributed by atoms with Gasteiger partial charge in [-0.15, -0.1) is 0 Å². The van der Waals surface area contributed by atoms with Gasteiger partial charge in [0.2, 0.25) is 5.91 Å². The van der Waals surface area contributed by atoms with Crippen LogP contribution in [0, 0.1) is 12.7 Å². The van der Waals surface area contributed by atoms with Crippen LogP contribution >= 0.6 is 11.6 Å². The molecule has 0 spiro atoms. The van der Waals surface area contributed by atoms with Gasteiger partial charge in [-0.05, 0) is 36.8 Å². The highest BCUT2D eigenvalue weighted by molar-refractivity contribution is 6.33. The standard InChI is InChI=1S/C21H20ClFN4O2/c1-14-19(20(22)27(26-14)17-8-3-2-4-9-17)21(29)25-11-10-24-18(28)13-15-6-5-7-16(23)12-15/h2-9,12H,10-11,13H2,1H3,(H,24,28)(H,25,29). The molecule has 3 aromatic rings. The second kappa shape index (κ2) is 9.34. The number of amides is 2. The summed E-state index contributed by atoms with van der Waals surface area (Å²) in [4.78, 5) is 24.4. The molecule has 1 aromatic heterocycles. The third-order valence-corrected chi connectivity index (χ3v) is 4.57. The fourth-order valence-electron chi connectivity index (χ4n) is 2.86. The molecule has 0 aliphatic heterocycles. The molecular weight excluding hydrogens is 395 g/mol. The smallest absolute Gasteiger partial charge is 0.256 e. The summed E-state index contributed by atoms with van der Waals surface area (Å²) in [5.74, 6) is -1.00. The molecule has 0 saturated heterocycles. The Morgan fingerprint density at radius 3 is 2.52 bits per heavy atom. The molecule has 0 bridgehead atoms. The number of aryl methyl sites for hydroxylation is 1. The maximum absolute atomic E-state index is 13.2. The van der Waals surface area contributed by atoms with Crippen LogP contribution in [0.25, 0.3) is 5.69 Å². The normalized spacial score (nSPS) is 10.6. The number of aromatic nitrogens is 2. The highest BCUT2D eigenvalue weighted by Gasteiger charge is 2.20. The Bertz CT molecular complexity index is 1020. The molecule has 0 aliphatic rings. The van der Waals surface area contributed by atoms with Crippen molar-refractivity contribution in [2.24, 2.45) is 0 Å². The predicted molar refractivity (Wildman–Crippen MR) is 109 cm³/mol. The predicted octanol–water partition coefficient (Wildman–Crippen LogP) is 3.06. The van der Waals surface area contributed by atoms with Crippen molar-refractivity contribution in [2.75, 3.05) is 13.1 Å². The summed E-state index contributed by atoms with van der Waals surface area (Å²) in [6.45, 7) is 2.17. The minimum atomic E-state index is -0.383. The Balaban J connectivity index is 1.52. The van der Waals surface area contributed by atoms with E-state index >= 15 is 0 Å². The van der Waals surface area contributed by atoms with Crippen LogP contribution in [0.2, 0.25) is 5.15 Å². The summed E-state index contributed by atoms with van der Waals surface area (Å²) in [6.07, 6.45) is 0.0699. The summed E-state index contributed by atoms with van der Waals surface area (Å²) in [6, 6.07) is 15.1. The molecule has 1 heterocycles. The summed E-state index contributed by atoms with van der Waals surface area (Å²) in [5.41, 5.74) is 2.14. The van der Waals surface area contributed by atoms with Crippen molar-refractivity contribution in [2.45, 2.75) is 13.3 Å². The number of hydrogen-bond donors (Lipinski definition) is 2. The first-order valence-electron chi connectivity index (χ1n) is 9.05. The lowest BCUT2D eigenvalue weighted by Gasteiger charge is -2.08. The first kappa shape index (κ1) is 20.5. The van der Waals surface area contributed by atoms with Crippen molar-refractivity contribution in [3.8, 4) is 5.69 Å². The van der Waals surface area contributed by atoms with Crippen LogP contribution < -0.4 is 10.6 Å². The van der Waals surface area contributed by atoms with E-state index in [2.05, 4.69) is 15.7 Å². The Morgan fingerprint density at radius 2 is 1.79 bits per heavy atom. The van der Waals surface area contributed by atoms with Crippen molar-refractivity contribution < 1.29 is 14.0 Å². The van der Waals surface area contributed by atoms with Gasteiger partial charge in [0, 0.05) is 13.1 Å². The van der Waals surface area contributed by atoms with Gasteiger partial charge < -0.3 is 10.6 Å². The fraction of sp³-hybridized carbons (Fsp3) is 0.190. The first-order chi connectivity index (χ1) is 14.0. The monoisotopic (exact) mass is 414 g/mol. The summed E-state index contributed by atoms with van der Waals surface area (Å²) >= 11 is 6.36. The molecule has 0 aliphatic carbocycles. The molecule has 3 rings (SSSR count). The van der Waals surface area contributed by atoms with Crippen LogP contribution in [0.4, 0.5) is 4.39 Å². The second-order valence-corrected chi connectivity index (χ2v) is 6.77. The van der Waals surface area contributed by atoms with E-state index in [1.807, 2.05) is 30.3 Å². The average molecular weight is 415 g/mol. The lowest BCUT2D eigenvalue weighted by Crippen LogP contribution is -2.35. The molecule has 2 N–H and O–H groups in total. The Kier molecular flexibility index (Phi) is 6.61. The van der Waals surface area contributed by atoms with Gasteiger partial charge in [-0.25, -0.2) is 9.07 Å². The van der Waals surface area contributed by atoms with Crippen LogP contribution in [-0.4, -0.2) is 34.7 Å². The van der Waals surface area contributed by atoms with Gasteiger partial charge in [-0.1, -0.05) is 41.9 Å². The number of carbonyl (C=O) groups excluding carboxylic acids is 2. The minimum Gasteiger partial charge on any atom is -0.354 e. The van der Waals surface area contributed by atoms with Crippen LogP contribution in [-0.2, 0) is 11.2 Å². The Morgan fingerprint density at radius 1 is 1.07 bits per heavy atom. The van der Waals surface area contributed by atoms with E-state index in [0.717, 1.165) is 5.69 Å². The third-order valence-electron chi connectivity index (χ3n) is 4.22. The van der Waals surface area contributed by atoms with E-state index < -0.39 is 0 Å². The lowest BCUT2D eigenvalue weighted by molar-refractivity contribution is -0.120. The molecule has 29 heavy (non-hydrogen) atoms. The van der Waals surface area contributed by atoms with Crippen molar-refractivity contribution in [3.05, 3.63) is 82.4 Å². The number of hydrogen-bond acceptors (Lipinski definition) is 3. The number of rotatable bonds is 7. The number of benzene rings is 2. The van der Waals surface area contributed by atoms with Gasteiger partial charge in [0.05, 0.1) is 23.4 Å². The number of carbonyl (C=O) groups is 2. The van der Waals surface area contributed by atoms with Crippen LogP contribution in [0.15, 0.2) is 54.6 Å². The number of nitrogens with one attached hydrogen (secondary N) is 2. The highest BCUT2D eigenvalue weighted by atomic mass is 35.5. The summed E-state index contributed by atoms with van der Waals surface area (Å²) < 4.78 is 14.7. The van der Waals surface area contributed by atoms with Crippen molar-refractivity contribution >= 4 is 23.4 Å². The molecule has 0 unspecified atom stereocenters. The average Bonchev–Trinajstić information content (AvgIpc) is 3.00. The molecule has 6 nitrogen and oxygen atoms in total. The molecule has 8 heteroatoms. The zero-order chi connectivity index (χ0) is 20.8. The van der Waals surface area contributed by atoms with Gasteiger partial charge in [0.25, 0.3) is 5.91 Å². The maximum atomic E-state index is 13.2. The highest BCUT2D eigenvalue weighted by Crippen LogP contribution is 2.23. The topological polar surface area (TPSA) is 76.0 Å². The van der Waals surface area contributed by atoms with Crippen molar-refractivity contribution in [1.29, 1.82) is 0 Å². The van der Waals surface area contributed by atoms with E-state index in [0.29, 0.717) is 16.8 Å². The van der Waals surface area contributed by atoms with Crippen LogP contribution in [0.3, 0.4) is 0 Å². The van der Waals surface area contributed by atoms with E-state index in [1.54, 1.807) is 19.1 Å². The van der Waals surface area contributed by atoms with Gasteiger partial charge in [0.15, 0.2) is 0 Å². The Labute approximate surface area is 172 Å². The zero-order valence-electron chi connectivity index (χ0n) is 15.8. The first-order valence-corrected chi connectivity index (χ1v) is 9.43. The second-order valence-electron chi connectivity index (χ2n) is 6.41. The molecular formula is C21H20ClFN4O2. The number of nitrogens with zero attached hydrogens (tertiary/aromatic N) is 2. The van der Waals surface area contributed by atoms with Crippen LogP contribution in [0.5, 0.6) is 0 Å². The molecule has 0 atom stereocenters. The van der Waals surface area contributed by atoms with Crippen LogP contribution in [0.1, 0.15) is 21.6 Å². The van der Waals surface area contributed by atoms with Gasteiger partial charge in [-0.2, -0.15) is 5.10 Å². The number of para-hydroxylation sites is 1. The molecule has 0 fully saturated rings. The van der Waals surface area contributed by atoms with Gasteiger partial charge >= 0.3 is 0 Å². The molecule has 2 amide bonds. The number of halogens is 2. The molecule has 150 valence electrons. The third kappa shape index (κ3) is 5.20. The van der Waals surface area contributed by atoms with Crippen molar-refractivity contribution in [1.82, 2.24) is 20.4 Å². The minimum absolute atomic E-state index is 0.0699. The zero-order valence-corrected chi connectivity index (χ0v) is 16.5. The van der Waals surface area contributed by atoms with E-state index in [9.17, 15) is 14.0 Å². The fourth-order valence-corrected chi connectivity index (χ4v) is 3.22. The SMILES string of the molecule is Cc1nn(-c2ccccc2)c(Cl)c1C(=O)NCCNC(=O)Cc1cccc(F)c1. The molecule has 2 aromatic carbocycles.